The fourth-order valence-electron chi connectivity index (χ4n) is 3.92. The van der Waals surface area contributed by atoms with Gasteiger partial charge in [-0.05, 0) is 43.0 Å². The van der Waals surface area contributed by atoms with E-state index in [9.17, 15) is 9.90 Å². The summed E-state index contributed by atoms with van der Waals surface area (Å²) in [7, 11) is 0. The lowest BCUT2D eigenvalue weighted by molar-refractivity contribution is -0.138. The van der Waals surface area contributed by atoms with E-state index in [2.05, 4.69) is 4.90 Å². The number of phenolic OH excluding ortho intramolecular Hbond substituents is 1. The SMILES string of the molecule is NC[C@H]1CCC[C@H]1C(=O)N1CCN(Cc2cccc(O)c2)CC1. The molecule has 1 aliphatic carbocycles. The highest BCUT2D eigenvalue weighted by Gasteiger charge is 2.35. The van der Waals surface area contributed by atoms with Gasteiger partial charge in [-0.15, -0.1) is 0 Å². The molecule has 1 aliphatic heterocycles. The molecule has 126 valence electrons. The van der Waals surface area contributed by atoms with Gasteiger partial charge < -0.3 is 15.7 Å². The number of rotatable bonds is 4. The topological polar surface area (TPSA) is 69.8 Å². The van der Waals surface area contributed by atoms with Gasteiger partial charge in [0.1, 0.15) is 5.75 Å². The van der Waals surface area contributed by atoms with Crippen LogP contribution in [-0.2, 0) is 11.3 Å². The molecule has 0 aromatic heterocycles. The van der Waals surface area contributed by atoms with Gasteiger partial charge in [0.05, 0.1) is 0 Å². The molecule has 1 aromatic rings. The van der Waals surface area contributed by atoms with E-state index in [1.807, 2.05) is 23.1 Å². The van der Waals surface area contributed by atoms with Gasteiger partial charge in [-0.2, -0.15) is 0 Å². The Bertz CT molecular complexity index is 541. The van der Waals surface area contributed by atoms with Crippen molar-refractivity contribution in [2.45, 2.75) is 25.8 Å². The molecule has 3 rings (SSSR count). The van der Waals surface area contributed by atoms with Crippen LogP contribution < -0.4 is 5.73 Å². The van der Waals surface area contributed by atoms with Crippen LogP contribution in [0, 0.1) is 11.8 Å². The number of nitrogens with zero attached hydrogens (tertiary/aromatic N) is 2. The van der Waals surface area contributed by atoms with Crippen LogP contribution in [0.25, 0.3) is 0 Å². The number of phenols is 1. The highest BCUT2D eigenvalue weighted by molar-refractivity contribution is 5.79. The van der Waals surface area contributed by atoms with Crippen LogP contribution in [0.1, 0.15) is 24.8 Å². The second-order valence-electron chi connectivity index (χ2n) is 6.80. The number of benzene rings is 1. The normalized spacial score (nSPS) is 25.7. The molecule has 0 spiro atoms. The van der Waals surface area contributed by atoms with E-state index in [-0.39, 0.29) is 5.92 Å². The minimum Gasteiger partial charge on any atom is -0.508 e. The summed E-state index contributed by atoms with van der Waals surface area (Å²) in [6.07, 6.45) is 3.24. The van der Waals surface area contributed by atoms with Crippen LogP contribution in [0.3, 0.4) is 0 Å². The number of aromatic hydroxyl groups is 1. The van der Waals surface area contributed by atoms with Crippen molar-refractivity contribution < 1.29 is 9.90 Å². The summed E-state index contributed by atoms with van der Waals surface area (Å²) < 4.78 is 0. The maximum atomic E-state index is 12.7. The molecule has 1 heterocycles. The highest BCUT2D eigenvalue weighted by atomic mass is 16.3. The average Bonchev–Trinajstić information content (AvgIpc) is 3.03. The molecule has 0 radical (unpaired) electrons. The molecule has 0 unspecified atom stereocenters. The first-order chi connectivity index (χ1) is 11.2. The Kier molecular flexibility index (Phi) is 5.18. The van der Waals surface area contributed by atoms with Crippen molar-refractivity contribution >= 4 is 5.91 Å². The standard InChI is InChI=1S/C18H27N3O2/c19-12-15-4-2-6-17(15)18(23)21-9-7-20(8-10-21)13-14-3-1-5-16(22)11-14/h1,3,5,11,15,17,22H,2,4,6-10,12-13,19H2/t15-,17-/m1/s1. The lowest BCUT2D eigenvalue weighted by Crippen LogP contribution is -2.50. The van der Waals surface area contributed by atoms with Gasteiger partial charge in [0.2, 0.25) is 5.91 Å². The van der Waals surface area contributed by atoms with Gasteiger partial charge in [-0.25, -0.2) is 0 Å². The lowest BCUT2D eigenvalue weighted by Gasteiger charge is -2.36. The molecule has 2 atom stereocenters. The van der Waals surface area contributed by atoms with E-state index >= 15 is 0 Å². The van der Waals surface area contributed by atoms with Crippen molar-refractivity contribution in [1.29, 1.82) is 0 Å². The largest absolute Gasteiger partial charge is 0.508 e. The van der Waals surface area contributed by atoms with Crippen LogP contribution in [0.4, 0.5) is 0 Å². The summed E-state index contributed by atoms with van der Waals surface area (Å²) >= 11 is 0. The first kappa shape index (κ1) is 16.3. The smallest absolute Gasteiger partial charge is 0.226 e. The molecule has 5 nitrogen and oxygen atoms in total. The number of hydrogen-bond acceptors (Lipinski definition) is 4. The summed E-state index contributed by atoms with van der Waals surface area (Å²) in [5.41, 5.74) is 6.93. The van der Waals surface area contributed by atoms with E-state index in [0.29, 0.717) is 24.1 Å². The summed E-state index contributed by atoms with van der Waals surface area (Å²) in [6.45, 7) is 4.83. The molecular weight excluding hydrogens is 290 g/mol. The van der Waals surface area contributed by atoms with Crippen molar-refractivity contribution in [3.05, 3.63) is 29.8 Å². The third-order valence-corrected chi connectivity index (χ3v) is 5.28. The highest BCUT2D eigenvalue weighted by Crippen LogP contribution is 2.32. The molecule has 23 heavy (non-hydrogen) atoms. The van der Waals surface area contributed by atoms with Crippen molar-refractivity contribution in [2.24, 2.45) is 17.6 Å². The molecule has 1 amide bonds. The maximum Gasteiger partial charge on any atom is 0.226 e. The van der Waals surface area contributed by atoms with Crippen molar-refractivity contribution in [3.8, 4) is 5.75 Å². The number of piperazine rings is 1. The van der Waals surface area contributed by atoms with Gasteiger partial charge in [-0.3, -0.25) is 9.69 Å². The van der Waals surface area contributed by atoms with Crippen LogP contribution >= 0.6 is 0 Å². The van der Waals surface area contributed by atoms with Crippen LogP contribution in [0.2, 0.25) is 0 Å². The number of hydrogen-bond donors (Lipinski definition) is 2. The summed E-state index contributed by atoms with van der Waals surface area (Å²) in [6, 6.07) is 7.40. The first-order valence-electron chi connectivity index (χ1n) is 8.66. The molecular formula is C18H27N3O2. The summed E-state index contributed by atoms with van der Waals surface area (Å²) in [5.74, 6) is 1.16. The molecule has 3 N–H and O–H groups in total. The molecule has 2 fully saturated rings. The zero-order chi connectivity index (χ0) is 16.2. The summed E-state index contributed by atoms with van der Waals surface area (Å²) in [4.78, 5) is 17.1. The minimum absolute atomic E-state index is 0.151. The van der Waals surface area contributed by atoms with E-state index in [1.54, 1.807) is 6.07 Å². The van der Waals surface area contributed by atoms with E-state index in [1.165, 1.54) is 0 Å². The van der Waals surface area contributed by atoms with Gasteiger partial charge >= 0.3 is 0 Å². The van der Waals surface area contributed by atoms with E-state index < -0.39 is 0 Å². The fourth-order valence-corrected chi connectivity index (χ4v) is 3.92. The van der Waals surface area contributed by atoms with Crippen molar-refractivity contribution in [3.63, 3.8) is 0 Å². The van der Waals surface area contributed by atoms with Gasteiger partial charge in [0.25, 0.3) is 0 Å². The number of amides is 1. The fraction of sp³-hybridized carbons (Fsp3) is 0.611. The Balaban J connectivity index is 1.51. The molecule has 1 aromatic carbocycles. The molecule has 1 saturated heterocycles. The first-order valence-corrected chi connectivity index (χ1v) is 8.66. The molecule has 5 heteroatoms. The molecule has 0 bridgehead atoms. The van der Waals surface area contributed by atoms with Crippen LogP contribution in [0.15, 0.2) is 24.3 Å². The van der Waals surface area contributed by atoms with Gasteiger partial charge in [-0.1, -0.05) is 18.6 Å². The summed E-state index contributed by atoms with van der Waals surface area (Å²) in [5, 5.41) is 9.55. The molecule has 1 saturated carbocycles. The molecule has 2 aliphatic rings. The Labute approximate surface area is 138 Å². The predicted octanol–water partition coefficient (Wildman–Crippen LogP) is 1.41. The van der Waals surface area contributed by atoms with Crippen LogP contribution in [0.5, 0.6) is 5.75 Å². The zero-order valence-corrected chi connectivity index (χ0v) is 13.7. The average molecular weight is 317 g/mol. The van der Waals surface area contributed by atoms with Crippen molar-refractivity contribution in [1.82, 2.24) is 9.80 Å². The second kappa shape index (κ2) is 7.32. The zero-order valence-electron chi connectivity index (χ0n) is 13.7. The van der Waals surface area contributed by atoms with E-state index in [4.69, 9.17) is 5.73 Å². The Morgan fingerprint density at radius 2 is 2.00 bits per heavy atom. The van der Waals surface area contributed by atoms with Gasteiger partial charge in [0.15, 0.2) is 0 Å². The predicted molar refractivity (Wildman–Crippen MR) is 89.8 cm³/mol. The Morgan fingerprint density at radius 3 is 2.70 bits per heavy atom. The quantitative estimate of drug-likeness (QED) is 0.881. The van der Waals surface area contributed by atoms with Crippen molar-refractivity contribution in [2.75, 3.05) is 32.7 Å². The maximum absolute atomic E-state index is 12.7. The van der Waals surface area contributed by atoms with Crippen LogP contribution in [-0.4, -0.2) is 53.5 Å². The van der Waals surface area contributed by atoms with Gasteiger partial charge in [0, 0.05) is 38.6 Å². The Hall–Kier alpha value is -1.59. The number of nitrogens with two attached hydrogens (primary N) is 1. The third kappa shape index (κ3) is 3.85. The van der Waals surface area contributed by atoms with E-state index in [0.717, 1.165) is 57.5 Å². The lowest BCUT2D eigenvalue weighted by atomic mass is 9.94. The monoisotopic (exact) mass is 317 g/mol. The minimum atomic E-state index is 0.151. The Morgan fingerprint density at radius 1 is 1.22 bits per heavy atom. The third-order valence-electron chi connectivity index (χ3n) is 5.28. The number of carbonyl (C=O) groups excluding carboxylic acids is 1. The number of carbonyl (C=O) groups is 1. The second-order valence-corrected chi connectivity index (χ2v) is 6.80.